The molecule has 3 aromatic carbocycles. The summed E-state index contributed by atoms with van der Waals surface area (Å²) in [5.41, 5.74) is 0.734. The van der Waals surface area contributed by atoms with Gasteiger partial charge in [0, 0.05) is 30.9 Å². The summed E-state index contributed by atoms with van der Waals surface area (Å²) in [6.45, 7) is 3.25. The van der Waals surface area contributed by atoms with Crippen LogP contribution in [0.2, 0.25) is 0 Å². The second-order valence-corrected chi connectivity index (χ2v) is 12.2. The predicted octanol–water partition coefficient (Wildman–Crippen LogP) is 4.15. The Hall–Kier alpha value is -4.07. The maximum Gasteiger partial charge on any atom is 0.323 e. The van der Waals surface area contributed by atoms with Crippen LogP contribution in [0.5, 0.6) is 5.75 Å². The van der Waals surface area contributed by atoms with Crippen molar-refractivity contribution in [3.63, 3.8) is 0 Å². The van der Waals surface area contributed by atoms with Gasteiger partial charge in [-0.05, 0) is 73.7 Å². The fourth-order valence-corrected chi connectivity index (χ4v) is 5.67. The standard InChI is InChI=1S/C29H32F2N4O6S/c1-18-15-35(19(2)17-36)28(37)25-14-23(33-29(38)32-22-8-4-20(30)5-9-22)10-13-26(25)41-27(18)16-34(3)42(39,40)24-11-6-21(31)7-12-24/h4-14,18-19,27,36H,15-17H2,1-3H3,(H2,32,33,38)/t18-,19+,27-/m0/s1. The second-order valence-electron chi connectivity index (χ2n) is 10.2. The molecule has 1 aliphatic heterocycles. The van der Waals surface area contributed by atoms with Crippen LogP contribution in [-0.2, 0) is 10.0 Å². The van der Waals surface area contributed by atoms with Crippen LogP contribution in [0, 0.1) is 17.6 Å². The molecule has 0 saturated carbocycles. The van der Waals surface area contributed by atoms with Crippen LogP contribution < -0.4 is 15.4 Å². The third kappa shape index (κ3) is 7.04. The number of sulfonamides is 1. The first-order valence-corrected chi connectivity index (χ1v) is 14.6. The van der Waals surface area contributed by atoms with E-state index in [0.717, 1.165) is 16.4 Å². The fourth-order valence-electron chi connectivity index (χ4n) is 4.48. The molecule has 0 radical (unpaired) electrons. The molecule has 1 aliphatic rings. The Morgan fingerprint density at radius 2 is 1.62 bits per heavy atom. The number of aliphatic hydroxyl groups is 1. The van der Waals surface area contributed by atoms with Crippen molar-refractivity contribution in [3.05, 3.63) is 83.9 Å². The first kappa shape index (κ1) is 30.9. The number of halogens is 2. The third-order valence-corrected chi connectivity index (χ3v) is 8.82. The van der Waals surface area contributed by atoms with Crippen LogP contribution in [-0.4, -0.2) is 73.6 Å². The van der Waals surface area contributed by atoms with Crippen LogP contribution >= 0.6 is 0 Å². The summed E-state index contributed by atoms with van der Waals surface area (Å²) in [7, 11) is -2.59. The summed E-state index contributed by atoms with van der Waals surface area (Å²) in [5, 5.41) is 15.1. The number of amides is 3. The number of anilines is 2. The number of fused-ring (bicyclic) bond motifs is 1. The van der Waals surface area contributed by atoms with Gasteiger partial charge in [0.25, 0.3) is 5.91 Å². The Labute approximate surface area is 242 Å². The van der Waals surface area contributed by atoms with Gasteiger partial charge in [0.05, 0.1) is 29.7 Å². The van der Waals surface area contributed by atoms with Crippen LogP contribution in [0.1, 0.15) is 24.2 Å². The SMILES string of the molecule is C[C@H](CO)N1C[C@H](C)[C@H](CN(C)S(=O)(=O)c2ccc(F)cc2)Oc2ccc(NC(=O)Nc3ccc(F)cc3)cc2C1=O. The molecule has 0 fully saturated rings. The van der Waals surface area contributed by atoms with Crippen molar-refractivity contribution in [1.82, 2.24) is 9.21 Å². The maximum atomic E-state index is 13.6. The predicted molar refractivity (Wildman–Crippen MR) is 153 cm³/mol. The highest BCUT2D eigenvalue weighted by Gasteiger charge is 2.35. The van der Waals surface area contributed by atoms with E-state index in [1.165, 1.54) is 66.5 Å². The van der Waals surface area contributed by atoms with Gasteiger partial charge in [-0.3, -0.25) is 4.79 Å². The van der Waals surface area contributed by atoms with Gasteiger partial charge in [0.2, 0.25) is 10.0 Å². The van der Waals surface area contributed by atoms with Gasteiger partial charge in [-0.15, -0.1) is 0 Å². The minimum absolute atomic E-state index is 0.0781. The Morgan fingerprint density at radius 1 is 1.05 bits per heavy atom. The smallest absolute Gasteiger partial charge is 0.323 e. The molecule has 3 N–H and O–H groups in total. The lowest BCUT2D eigenvalue weighted by Crippen LogP contribution is -2.50. The third-order valence-electron chi connectivity index (χ3n) is 6.98. The molecule has 0 bridgehead atoms. The highest BCUT2D eigenvalue weighted by molar-refractivity contribution is 7.89. The molecular formula is C29H32F2N4O6S. The number of hydrogen-bond donors (Lipinski definition) is 3. The van der Waals surface area contributed by atoms with E-state index in [9.17, 15) is 31.9 Å². The maximum absolute atomic E-state index is 13.6. The first-order chi connectivity index (χ1) is 19.9. The molecule has 1 heterocycles. The molecular weight excluding hydrogens is 570 g/mol. The van der Waals surface area contributed by atoms with Gasteiger partial charge < -0.3 is 25.4 Å². The van der Waals surface area contributed by atoms with Crippen molar-refractivity contribution in [3.8, 4) is 5.75 Å². The summed E-state index contributed by atoms with van der Waals surface area (Å²) in [6.07, 6.45) is -0.717. The van der Waals surface area contributed by atoms with Gasteiger partial charge in [-0.1, -0.05) is 6.92 Å². The lowest BCUT2D eigenvalue weighted by Gasteiger charge is -2.38. The number of carbonyl (C=O) groups is 2. The number of benzene rings is 3. The fraction of sp³-hybridized carbons (Fsp3) is 0.310. The zero-order valence-electron chi connectivity index (χ0n) is 23.3. The first-order valence-electron chi connectivity index (χ1n) is 13.2. The molecule has 0 aliphatic carbocycles. The van der Waals surface area contributed by atoms with Crippen LogP contribution in [0.4, 0.5) is 25.0 Å². The molecule has 4 rings (SSSR count). The Balaban J connectivity index is 1.61. The number of likely N-dealkylation sites (N-methyl/N-ethyl adjacent to an activating group) is 1. The number of nitrogens with one attached hydrogen (secondary N) is 2. The van der Waals surface area contributed by atoms with Crippen LogP contribution in [0.25, 0.3) is 0 Å². The second kappa shape index (κ2) is 12.8. The van der Waals surface area contributed by atoms with Crippen molar-refractivity contribution in [2.75, 3.05) is 37.4 Å². The average Bonchev–Trinajstić information content (AvgIpc) is 2.96. The van der Waals surface area contributed by atoms with E-state index < -0.39 is 45.7 Å². The number of hydrogen-bond acceptors (Lipinski definition) is 6. The van der Waals surface area contributed by atoms with E-state index in [4.69, 9.17) is 4.74 Å². The van der Waals surface area contributed by atoms with Crippen molar-refractivity contribution in [1.29, 1.82) is 0 Å². The van der Waals surface area contributed by atoms with Crippen molar-refractivity contribution in [2.24, 2.45) is 5.92 Å². The van der Waals surface area contributed by atoms with Crippen molar-refractivity contribution in [2.45, 2.75) is 30.9 Å². The van der Waals surface area contributed by atoms with E-state index in [0.29, 0.717) is 5.69 Å². The number of carbonyl (C=O) groups excluding carboxylic acids is 2. The molecule has 3 atom stereocenters. The van der Waals surface area contributed by atoms with Crippen molar-refractivity contribution >= 4 is 33.3 Å². The highest BCUT2D eigenvalue weighted by Crippen LogP contribution is 2.31. The summed E-state index contributed by atoms with van der Waals surface area (Å²) in [6, 6.07) is 13.0. The Bertz CT molecular complexity index is 1540. The minimum Gasteiger partial charge on any atom is -0.488 e. The zero-order valence-corrected chi connectivity index (χ0v) is 24.1. The molecule has 0 saturated heterocycles. The van der Waals surface area contributed by atoms with Gasteiger partial charge >= 0.3 is 6.03 Å². The quantitative estimate of drug-likeness (QED) is 0.356. The Morgan fingerprint density at radius 3 is 2.24 bits per heavy atom. The minimum atomic E-state index is -3.98. The summed E-state index contributed by atoms with van der Waals surface area (Å²) in [5.74, 6) is -1.64. The van der Waals surface area contributed by atoms with E-state index >= 15 is 0 Å². The van der Waals surface area contributed by atoms with E-state index in [-0.39, 0.29) is 47.5 Å². The highest BCUT2D eigenvalue weighted by atomic mass is 32.2. The summed E-state index contributed by atoms with van der Waals surface area (Å²) < 4.78 is 60.2. The van der Waals surface area contributed by atoms with Crippen LogP contribution in [0.3, 0.4) is 0 Å². The molecule has 3 aromatic rings. The molecule has 0 spiro atoms. The van der Waals surface area contributed by atoms with E-state index in [1.54, 1.807) is 6.92 Å². The van der Waals surface area contributed by atoms with Gasteiger partial charge in [-0.25, -0.2) is 22.0 Å². The van der Waals surface area contributed by atoms with Gasteiger partial charge in [0.15, 0.2) is 0 Å². The van der Waals surface area contributed by atoms with E-state index in [2.05, 4.69) is 10.6 Å². The number of ether oxygens (including phenoxy) is 1. The molecule has 3 amide bonds. The molecule has 10 nitrogen and oxygen atoms in total. The summed E-state index contributed by atoms with van der Waals surface area (Å²) >= 11 is 0. The number of aliphatic hydroxyl groups excluding tert-OH is 1. The topological polar surface area (TPSA) is 128 Å². The Kier molecular flexibility index (Phi) is 9.44. The van der Waals surface area contributed by atoms with E-state index in [1.807, 2.05) is 6.92 Å². The van der Waals surface area contributed by atoms with Gasteiger partial charge in [0.1, 0.15) is 23.5 Å². The van der Waals surface area contributed by atoms with Gasteiger partial charge in [-0.2, -0.15) is 4.31 Å². The monoisotopic (exact) mass is 602 g/mol. The summed E-state index contributed by atoms with van der Waals surface area (Å²) in [4.78, 5) is 27.6. The molecule has 0 aromatic heterocycles. The number of rotatable bonds is 8. The largest absolute Gasteiger partial charge is 0.488 e. The lowest BCUT2D eigenvalue weighted by atomic mass is 9.99. The average molecular weight is 603 g/mol. The van der Waals surface area contributed by atoms with Crippen molar-refractivity contribution < 1.29 is 36.6 Å². The normalized spacial score (nSPS) is 18.0. The molecule has 224 valence electrons. The number of nitrogens with zero attached hydrogens (tertiary/aromatic N) is 2. The lowest BCUT2D eigenvalue weighted by molar-refractivity contribution is 0.0387. The molecule has 13 heteroatoms. The molecule has 42 heavy (non-hydrogen) atoms. The van der Waals surface area contributed by atoms with Crippen LogP contribution in [0.15, 0.2) is 71.6 Å². The molecule has 0 unspecified atom stereocenters. The zero-order chi connectivity index (χ0) is 30.6. The number of urea groups is 1.